The van der Waals surface area contributed by atoms with Crippen molar-refractivity contribution < 1.29 is 35.5 Å². The zero-order valence-corrected chi connectivity index (χ0v) is 15.0. The number of rotatable bonds is 9. The van der Waals surface area contributed by atoms with Gasteiger partial charge in [-0.1, -0.05) is 23.4 Å². The topological polar surface area (TPSA) is 9.23 Å². The summed E-state index contributed by atoms with van der Waals surface area (Å²) in [6.45, 7) is 0.0403. The highest BCUT2D eigenvalue weighted by molar-refractivity contribution is 8.00. The van der Waals surface area contributed by atoms with Gasteiger partial charge in [0.2, 0.25) is 0 Å². The van der Waals surface area contributed by atoms with E-state index in [1.807, 2.05) is 0 Å². The number of halogens is 8. The number of unbranched alkanes of at least 4 members (excludes halogenated alkanes) is 2. The normalized spacial score (nSPS) is 12.5. The van der Waals surface area contributed by atoms with Gasteiger partial charge in [0.05, 0.1) is 17.4 Å². The van der Waals surface area contributed by atoms with E-state index in [0.717, 1.165) is 12.1 Å². The van der Waals surface area contributed by atoms with Crippen LogP contribution >= 0.6 is 35.1 Å². The van der Waals surface area contributed by atoms with Gasteiger partial charge in [-0.15, -0.1) is 11.8 Å². The zero-order valence-electron chi connectivity index (χ0n) is 12.6. The van der Waals surface area contributed by atoms with E-state index in [-0.39, 0.29) is 39.8 Å². The van der Waals surface area contributed by atoms with Crippen LogP contribution < -0.4 is 4.74 Å². The molecule has 25 heavy (non-hydrogen) atoms. The maximum absolute atomic E-state index is 13.7. The Morgan fingerprint density at radius 3 is 2.28 bits per heavy atom. The summed E-state index contributed by atoms with van der Waals surface area (Å²) in [6, 6.07) is 1.96. The SMILES string of the molecule is Fc1cc(Cl)c(SCC(F)(F)F)cc1OCCCCCSC(F)(F)F. The molecule has 0 aliphatic carbocycles. The third-order valence-electron chi connectivity index (χ3n) is 2.69. The van der Waals surface area contributed by atoms with Crippen LogP contribution in [-0.2, 0) is 0 Å². The lowest BCUT2D eigenvalue weighted by atomic mass is 10.2. The van der Waals surface area contributed by atoms with Crippen molar-refractivity contribution in [3.63, 3.8) is 0 Å². The lowest BCUT2D eigenvalue weighted by Crippen LogP contribution is -2.10. The number of alkyl halides is 6. The van der Waals surface area contributed by atoms with E-state index < -0.39 is 23.3 Å². The van der Waals surface area contributed by atoms with Crippen LogP contribution in [0.5, 0.6) is 5.75 Å². The molecule has 0 amide bonds. The molecule has 0 bridgehead atoms. The quantitative estimate of drug-likeness (QED) is 0.239. The van der Waals surface area contributed by atoms with Crippen molar-refractivity contribution in [3.8, 4) is 5.75 Å². The van der Waals surface area contributed by atoms with Gasteiger partial charge in [-0.2, -0.15) is 26.3 Å². The molecule has 0 unspecified atom stereocenters. The second-order valence-electron chi connectivity index (χ2n) is 4.82. The van der Waals surface area contributed by atoms with Gasteiger partial charge in [0.1, 0.15) is 0 Å². The van der Waals surface area contributed by atoms with Gasteiger partial charge in [0, 0.05) is 10.6 Å². The molecule has 0 heterocycles. The van der Waals surface area contributed by atoms with Crippen LogP contribution in [0, 0.1) is 5.82 Å². The van der Waals surface area contributed by atoms with Gasteiger partial charge in [0.15, 0.2) is 11.6 Å². The van der Waals surface area contributed by atoms with Crippen molar-refractivity contribution in [2.75, 3.05) is 18.1 Å². The van der Waals surface area contributed by atoms with Crippen LogP contribution in [0.4, 0.5) is 30.7 Å². The molecule has 0 N–H and O–H groups in total. The minimum absolute atomic E-state index is 0.0389. The molecule has 1 aromatic rings. The van der Waals surface area contributed by atoms with Gasteiger partial charge >= 0.3 is 11.7 Å². The Morgan fingerprint density at radius 1 is 1.00 bits per heavy atom. The van der Waals surface area contributed by atoms with Gasteiger partial charge in [0.25, 0.3) is 0 Å². The van der Waals surface area contributed by atoms with Crippen molar-refractivity contribution in [1.82, 2.24) is 0 Å². The fraction of sp³-hybridized carbons (Fsp3) is 0.571. The van der Waals surface area contributed by atoms with Crippen molar-refractivity contribution in [2.45, 2.75) is 35.8 Å². The Morgan fingerprint density at radius 2 is 1.68 bits per heavy atom. The smallest absolute Gasteiger partial charge is 0.441 e. The molecule has 0 radical (unpaired) electrons. The average molecular weight is 431 g/mol. The van der Waals surface area contributed by atoms with Gasteiger partial charge in [-0.3, -0.25) is 0 Å². The Balaban J connectivity index is 2.42. The minimum Gasteiger partial charge on any atom is -0.490 e. The van der Waals surface area contributed by atoms with E-state index in [9.17, 15) is 30.7 Å². The first-order valence-electron chi connectivity index (χ1n) is 7.00. The molecule has 144 valence electrons. The summed E-state index contributed by atoms with van der Waals surface area (Å²) < 4.78 is 91.3. The molecule has 0 aromatic heterocycles. The van der Waals surface area contributed by atoms with Gasteiger partial charge < -0.3 is 4.74 Å². The first-order chi connectivity index (χ1) is 11.5. The second kappa shape index (κ2) is 10.0. The molecule has 0 atom stereocenters. The maximum Gasteiger partial charge on any atom is 0.441 e. The summed E-state index contributed by atoms with van der Waals surface area (Å²) in [4.78, 5) is 0.0389. The second-order valence-corrected chi connectivity index (χ2v) is 7.40. The molecule has 0 aliphatic rings. The fourth-order valence-electron chi connectivity index (χ4n) is 1.64. The van der Waals surface area contributed by atoms with E-state index in [2.05, 4.69) is 0 Å². The van der Waals surface area contributed by atoms with E-state index >= 15 is 0 Å². The van der Waals surface area contributed by atoms with Crippen LogP contribution in [0.2, 0.25) is 5.02 Å². The summed E-state index contributed by atoms with van der Waals surface area (Å²) in [5, 5.41) is -0.150. The molecule has 1 nitrogen and oxygen atoms in total. The number of thioether (sulfide) groups is 2. The molecule has 0 saturated carbocycles. The van der Waals surface area contributed by atoms with E-state index in [1.165, 1.54) is 0 Å². The van der Waals surface area contributed by atoms with Crippen molar-refractivity contribution in [3.05, 3.63) is 23.0 Å². The summed E-state index contributed by atoms with van der Waals surface area (Å²) in [6.07, 6.45) is -3.22. The Hall–Kier alpha value is -0.480. The minimum atomic E-state index is -4.39. The third-order valence-corrected chi connectivity index (χ3v) is 5.06. The lowest BCUT2D eigenvalue weighted by Gasteiger charge is -2.12. The van der Waals surface area contributed by atoms with Crippen LogP contribution in [0.25, 0.3) is 0 Å². The summed E-state index contributed by atoms with van der Waals surface area (Å²) in [5.74, 6) is -2.29. The highest BCUT2D eigenvalue weighted by Gasteiger charge is 2.28. The number of hydrogen-bond acceptors (Lipinski definition) is 3. The third kappa shape index (κ3) is 10.3. The molecular formula is C14H14ClF7OS2. The molecule has 1 rings (SSSR count). The largest absolute Gasteiger partial charge is 0.490 e. The van der Waals surface area contributed by atoms with Crippen LogP contribution in [-0.4, -0.2) is 29.8 Å². The van der Waals surface area contributed by atoms with Crippen LogP contribution in [0.15, 0.2) is 17.0 Å². The number of ether oxygens (including phenoxy) is 1. The predicted molar refractivity (Wildman–Crippen MR) is 86.0 cm³/mol. The van der Waals surface area contributed by atoms with Crippen LogP contribution in [0.1, 0.15) is 19.3 Å². The highest BCUT2D eigenvalue weighted by Crippen LogP contribution is 2.36. The van der Waals surface area contributed by atoms with E-state index in [1.54, 1.807) is 0 Å². The summed E-state index contributed by atoms with van der Waals surface area (Å²) in [5.41, 5.74) is -4.26. The molecule has 11 heteroatoms. The zero-order chi connectivity index (χ0) is 19.1. The fourth-order valence-corrected chi connectivity index (χ4v) is 3.24. The Kier molecular flexibility index (Phi) is 9.03. The maximum atomic E-state index is 13.7. The average Bonchev–Trinajstić information content (AvgIpc) is 2.45. The molecule has 0 aliphatic heterocycles. The van der Waals surface area contributed by atoms with Crippen LogP contribution in [0.3, 0.4) is 0 Å². The van der Waals surface area contributed by atoms with Crippen molar-refractivity contribution in [2.24, 2.45) is 0 Å². The van der Waals surface area contributed by atoms with Crippen molar-refractivity contribution >= 4 is 35.1 Å². The van der Waals surface area contributed by atoms with Crippen molar-refractivity contribution in [1.29, 1.82) is 0 Å². The summed E-state index contributed by atoms with van der Waals surface area (Å²) in [7, 11) is 0. The molecular weight excluding hydrogens is 417 g/mol. The Bertz CT molecular complexity index is 549. The van der Waals surface area contributed by atoms with E-state index in [0.29, 0.717) is 31.0 Å². The Labute approximate surface area is 153 Å². The molecule has 0 spiro atoms. The molecule has 0 fully saturated rings. The number of benzene rings is 1. The standard InChI is InChI=1S/C14H14ClF7OS2/c15-9-6-10(16)11(7-12(9)24-8-13(17,18)19)23-4-2-1-3-5-25-14(20,21)22/h6-7H,1-5,8H2. The lowest BCUT2D eigenvalue weighted by molar-refractivity contribution is -0.105. The monoisotopic (exact) mass is 430 g/mol. The predicted octanol–water partition coefficient (Wildman–Crippen LogP) is 6.94. The van der Waals surface area contributed by atoms with E-state index in [4.69, 9.17) is 16.3 Å². The molecule has 0 saturated heterocycles. The highest BCUT2D eigenvalue weighted by atomic mass is 35.5. The summed E-state index contributed by atoms with van der Waals surface area (Å²) >= 11 is 6.02. The molecule has 1 aromatic carbocycles. The number of hydrogen-bond donors (Lipinski definition) is 0. The first-order valence-corrected chi connectivity index (χ1v) is 9.35. The van der Waals surface area contributed by atoms with Gasteiger partial charge in [-0.05, 0) is 31.4 Å². The van der Waals surface area contributed by atoms with Gasteiger partial charge in [-0.25, -0.2) is 4.39 Å². The first kappa shape index (κ1) is 22.6.